The summed E-state index contributed by atoms with van der Waals surface area (Å²) in [5, 5.41) is 0. The minimum absolute atomic E-state index is 0.0249. The molecule has 16 heavy (non-hydrogen) atoms. The van der Waals surface area contributed by atoms with E-state index in [-0.39, 0.29) is 23.5 Å². The predicted octanol–water partition coefficient (Wildman–Crippen LogP) is 0.272. The van der Waals surface area contributed by atoms with E-state index in [1.54, 1.807) is 6.07 Å². The van der Waals surface area contributed by atoms with Crippen LogP contribution in [0.15, 0.2) is 24.3 Å². The van der Waals surface area contributed by atoms with Crippen molar-refractivity contribution in [2.24, 2.45) is 17.6 Å². The number of hydrogen-bond donors (Lipinski definition) is 1. The van der Waals surface area contributed by atoms with Crippen LogP contribution in [0.2, 0.25) is 0 Å². The van der Waals surface area contributed by atoms with Crippen molar-refractivity contribution in [2.75, 3.05) is 4.90 Å². The first-order valence-electron chi connectivity index (χ1n) is 5.01. The second kappa shape index (κ2) is 2.89. The van der Waals surface area contributed by atoms with Gasteiger partial charge in [-0.05, 0) is 12.1 Å². The van der Waals surface area contributed by atoms with E-state index in [0.29, 0.717) is 0 Å². The number of benzene rings is 1. The molecule has 2 unspecified atom stereocenters. The number of nitrogens with two attached hydrogens (primary N) is 1. The molecular formula is C11H9FN2O2. The van der Waals surface area contributed by atoms with Gasteiger partial charge in [0.05, 0.1) is 17.5 Å². The molecule has 5 heteroatoms. The quantitative estimate of drug-likeness (QED) is 0.691. The van der Waals surface area contributed by atoms with E-state index in [9.17, 15) is 14.0 Å². The van der Waals surface area contributed by atoms with Gasteiger partial charge >= 0.3 is 0 Å². The average Bonchev–Trinajstić information content (AvgIpc) is 2.84. The number of imide groups is 1. The van der Waals surface area contributed by atoms with Crippen molar-refractivity contribution in [1.82, 2.24) is 0 Å². The molecule has 2 atom stereocenters. The van der Waals surface area contributed by atoms with Crippen molar-refractivity contribution in [3.8, 4) is 0 Å². The standard InChI is InChI=1S/C11H9FN2O2/c12-5-3-1-2-4-6(5)14-10(15)7-8(9(7)13)11(14)16/h1-4,7-9H,13H2. The minimum atomic E-state index is -0.570. The molecule has 2 fully saturated rings. The molecule has 2 N–H and O–H groups in total. The van der Waals surface area contributed by atoms with Crippen LogP contribution in [0, 0.1) is 17.7 Å². The van der Waals surface area contributed by atoms with E-state index in [1.165, 1.54) is 18.2 Å². The Morgan fingerprint density at radius 3 is 2.25 bits per heavy atom. The second-order valence-electron chi connectivity index (χ2n) is 4.09. The largest absolute Gasteiger partial charge is 0.326 e. The Labute approximate surface area is 90.8 Å². The van der Waals surface area contributed by atoms with Crippen LogP contribution in [0.25, 0.3) is 0 Å². The fourth-order valence-corrected chi connectivity index (χ4v) is 2.25. The number of carbonyl (C=O) groups excluding carboxylic acids is 2. The number of amides is 2. The van der Waals surface area contributed by atoms with Gasteiger partial charge in [-0.1, -0.05) is 12.1 Å². The van der Waals surface area contributed by atoms with Gasteiger partial charge in [0, 0.05) is 6.04 Å². The van der Waals surface area contributed by atoms with E-state index in [1.807, 2.05) is 0 Å². The highest BCUT2D eigenvalue weighted by Crippen LogP contribution is 2.47. The van der Waals surface area contributed by atoms with Crippen molar-refractivity contribution in [1.29, 1.82) is 0 Å². The van der Waals surface area contributed by atoms with Crippen LogP contribution in [0.4, 0.5) is 10.1 Å². The van der Waals surface area contributed by atoms with Crippen LogP contribution in [0.1, 0.15) is 0 Å². The number of halogens is 1. The molecule has 1 aromatic carbocycles. The van der Waals surface area contributed by atoms with E-state index in [0.717, 1.165) is 4.90 Å². The highest BCUT2D eigenvalue weighted by Gasteiger charge is 2.66. The van der Waals surface area contributed by atoms with Gasteiger partial charge in [-0.15, -0.1) is 0 Å². The molecule has 1 saturated heterocycles. The van der Waals surface area contributed by atoms with Crippen molar-refractivity contribution in [3.63, 3.8) is 0 Å². The van der Waals surface area contributed by atoms with Gasteiger partial charge in [0.2, 0.25) is 11.8 Å². The van der Waals surface area contributed by atoms with E-state index < -0.39 is 17.7 Å². The molecule has 0 bridgehead atoms. The number of fused-ring (bicyclic) bond motifs is 1. The highest BCUT2D eigenvalue weighted by atomic mass is 19.1. The van der Waals surface area contributed by atoms with Crippen molar-refractivity contribution >= 4 is 17.5 Å². The van der Waals surface area contributed by atoms with Crippen LogP contribution in [0.3, 0.4) is 0 Å². The molecule has 1 heterocycles. The maximum Gasteiger partial charge on any atom is 0.239 e. The van der Waals surface area contributed by atoms with Crippen LogP contribution in [-0.2, 0) is 9.59 Å². The van der Waals surface area contributed by atoms with Gasteiger partial charge in [-0.25, -0.2) is 9.29 Å². The summed E-state index contributed by atoms with van der Waals surface area (Å²) in [5.74, 6) is -2.21. The number of para-hydroxylation sites is 1. The SMILES string of the molecule is NC1C2C(=O)N(c3ccccc3F)C(=O)C12. The Balaban J connectivity index is 2.02. The van der Waals surface area contributed by atoms with Crippen LogP contribution >= 0.6 is 0 Å². The Hall–Kier alpha value is -1.75. The van der Waals surface area contributed by atoms with Gasteiger partial charge in [-0.3, -0.25) is 9.59 Å². The summed E-state index contributed by atoms with van der Waals surface area (Å²) in [6, 6.07) is 5.36. The lowest BCUT2D eigenvalue weighted by Crippen LogP contribution is -2.37. The summed E-state index contributed by atoms with van der Waals surface area (Å²) in [5.41, 5.74) is 5.59. The molecule has 2 aliphatic rings. The third-order valence-corrected chi connectivity index (χ3v) is 3.18. The first-order valence-corrected chi connectivity index (χ1v) is 5.01. The number of hydrogen-bond acceptors (Lipinski definition) is 3. The zero-order chi connectivity index (χ0) is 11.4. The Kier molecular flexibility index (Phi) is 1.71. The van der Waals surface area contributed by atoms with Crippen LogP contribution in [0.5, 0.6) is 0 Å². The average molecular weight is 220 g/mol. The normalized spacial score (nSPS) is 31.9. The predicted molar refractivity (Wildman–Crippen MR) is 53.8 cm³/mol. The fraction of sp³-hybridized carbons (Fsp3) is 0.273. The highest BCUT2D eigenvalue weighted by molar-refractivity contribution is 6.25. The van der Waals surface area contributed by atoms with Gasteiger partial charge in [0.15, 0.2) is 0 Å². The van der Waals surface area contributed by atoms with Crippen molar-refractivity contribution < 1.29 is 14.0 Å². The zero-order valence-corrected chi connectivity index (χ0v) is 8.26. The summed E-state index contributed by atoms with van der Waals surface area (Å²) < 4.78 is 13.4. The van der Waals surface area contributed by atoms with Gasteiger partial charge in [0.25, 0.3) is 0 Å². The van der Waals surface area contributed by atoms with Crippen molar-refractivity contribution in [2.45, 2.75) is 6.04 Å². The lowest BCUT2D eigenvalue weighted by molar-refractivity contribution is -0.123. The number of carbonyl (C=O) groups is 2. The third kappa shape index (κ3) is 1.01. The Morgan fingerprint density at radius 1 is 1.12 bits per heavy atom. The Bertz CT molecular complexity index is 481. The van der Waals surface area contributed by atoms with Gasteiger partial charge < -0.3 is 5.73 Å². The van der Waals surface area contributed by atoms with Crippen LogP contribution in [-0.4, -0.2) is 17.9 Å². The lowest BCUT2D eigenvalue weighted by atomic mass is 10.2. The molecule has 0 spiro atoms. The molecule has 1 aliphatic carbocycles. The number of nitrogens with zero attached hydrogens (tertiary/aromatic N) is 1. The molecule has 0 radical (unpaired) electrons. The smallest absolute Gasteiger partial charge is 0.239 e. The molecule has 3 rings (SSSR count). The first-order chi connectivity index (χ1) is 7.63. The van der Waals surface area contributed by atoms with Gasteiger partial charge in [0.1, 0.15) is 5.82 Å². The molecule has 82 valence electrons. The molecule has 4 nitrogen and oxygen atoms in total. The van der Waals surface area contributed by atoms with Crippen molar-refractivity contribution in [3.05, 3.63) is 30.1 Å². The summed E-state index contributed by atoms with van der Waals surface area (Å²) in [4.78, 5) is 24.5. The lowest BCUT2D eigenvalue weighted by Gasteiger charge is -2.17. The maximum absolute atomic E-state index is 13.4. The summed E-state index contributed by atoms with van der Waals surface area (Å²) in [7, 11) is 0. The van der Waals surface area contributed by atoms with Crippen LogP contribution < -0.4 is 10.6 Å². The number of anilines is 1. The molecule has 1 aromatic rings. The molecule has 2 amide bonds. The van der Waals surface area contributed by atoms with E-state index >= 15 is 0 Å². The molecule has 1 aliphatic heterocycles. The molecular weight excluding hydrogens is 211 g/mol. The Morgan fingerprint density at radius 2 is 1.69 bits per heavy atom. The monoisotopic (exact) mass is 220 g/mol. The topological polar surface area (TPSA) is 63.4 Å². The third-order valence-electron chi connectivity index (χ3n) is 3.18. The summed E-state index contributed by atoms with van der Waals surface area (Å²) >= 11 is 0. The van der Waals surface area contributed by atoms with Gasteiger partial charge in [-0.2, -0.15) is 0 Å². The summed E-state index contributed by atoms with van der Waals surface area (Å²) in [6.07, 6.45) is 0. The second-order valence-corrected chi connectivity index (χ2v) is 4.09. The molecule has 0 aromatic heterocycles. The number of piperidine rings is 1. The van der Waals surface area contributed by atoms with E-state index in [2.05, 4.69) is 0 Å². The van der Waals surface area contributed by atoms with E-state index in [4.69, 9.17) is 5.73 Å². The maximum atomic E-state index is 13.4. The fourth-order valence-electron chi connectivity index (χ4n) is 2.25. The first kappa shape index (κ1) is 9.47. The molecule has 1 saturated carbocycles. The zero-order valence-electron chi connectivity index (χ0n) is 8.26. The minimum Gasteiger partial charge on any atom is -0.326 e. The summed E-state index contributed by atoms with van der Waals surface area (Å²) in [6.45, 7) is 0. The number of rotatable bonds is 1.